The molecular weight excluding hydrogens is 497 g/mol. The van der Waals surface area contributed by atoms with Crippen molar-refractivity contribution < 1.29 is 27.6 Å². The molecule has 2 aliphatic heterocycles. The van der Waals surface area contributed by atoms with Gasteiger partial charge in [-0.25, -0.2) is 13.2 Å². The summed E-state index contributed by atoms with van der Waals surface area (Å²) in [6, 6.07) is 17.7. The van der Waals surface area contributed by atoms with E-state index in [1.165, 1.54) is 12.1 Å². The summed E-state index contributed by atoms with van der Waals surface area (Å²) in [5, 5.41) is 14.7. The van der Waals surface area contributed by atoms with Crippen molar-refractivity contribution in [2.75, 3.05) is 17.2 Å². The van der Waals surface area contributed by atoms with Crippen LogP contribution in [0.15, 0.2) is 72.8 Å². The number of carbonyl (C=O) groups is 3. The molecule has 2 N–H and O–H groups in total. The number of rotatable bonds is 5. The molecule has 10 heteroatoms. The third-order valence-electron chi connectivity index (χ3n) is 7.00. The second kappa shape index (κ2) is 9.34. The summed E-state index contributed by atoms with van der Waals surface area (Å²) >= 11 is 0. The lowest BCUT2D eigenvalue weighted by Crippen LogP contribution is -2.56. The van der Waals surface area contributed by atoms with E-state index >= 15 is 4.39 Å². The van der Waals surface area contributed by atoms with Crippen LogP contribution in [-0.2, 0) is 26.2 Å². The predicted molar refractivity (Wildman–Crippen MR) is 131 cm³/mol. The largest absolute Gasteiger partial charge is 0.325 e. The van der Waals surface area contributed by atoms with E-state index in [4.69, 9.17) is 0 Å². The SMILES string of the molecule is N#C[C@@H]1C[C@@]2(CN1C(=O)C(F)(Cc1ccccc1)C(=O)Nc1cc(F)cc(F)c1)C(=O)Nc1ccccc12. The number of nitrogens with zero attached hydrogens (tertiary/aromatic N) is 2. The van der Waals surface area contributed by atoms with Gasteiger partial charge in [-0.2, -0.15) is 5.26 Å². The minimum absolute atomic E-state index is 0.0871. The lowest BCUT2D eigenvalue weighted by molar-refractivity contribution is -0.151. The van der Waals surface area contributed by atoms with Gasteiger partial charge in [0.05, 0.1) is 11.5 Å². The molecule has 0 aliphatic carbocycles. The van der Waals surface area contributed by atoms with E-state index in [1.54, 1.807) is 42.5 Å². The van der Waals surface area contributed by atoms with Gasteiger partial charge in [0.1, 0.15) is 17.7 Å². The van der Waals surface area contributed by atoms with Crippen LogP contribution in [0.5, 0.6) is 0 Å². The number of amides is 3. The molecular formula is C28H21F3N4O3. The molecule has 1 saturated heterocycles. The van der Waals surface area contributed by atoms with Crippen LogP contribution in [0, 0.1) is 23.0 Å². The van der Waals surface area contributed by atoms with E-state index in [1.807, 2.05) is 6.07 Å². The van der Waals surface area contributed by atoms with Gasteiger partial charge in [-0.1, -0.05) is 48.5 Å². The molecule has 1 fully saturated rings. The molecule has 0 saturated carbocycles. The second-order valence-electron chi connectivity index (χ2n) is 9.44. The Morgan fingerprint density at radius 2 is 1.74 bits per heavy atom. The normalized spacial score (nSPS) is 21.4. The number of nitrogens with one attached hydrogen (secondary N) is 2. The average Bonchev–Trinajstić information content (AvgIpc) is 3.41. The van der Waals surface area contributed by atoms with Crippen molar-refractivity contribution in [2.24, 2.45) is 0 Å². The molecule has 5 rings (SSSR count). The van der Waals surface area contributed by atoms with Gasteiger partial charge in [0.15, 0.2) is 0 Å². The first-order valence-corrected chi connectivity index (χ1v) is 11.8. The average molecular weight is 518 g/mol. The molecule has 0 bridgehead atoms. The molecule has 1 spiro atoms. The molecule has 0 aromatic heterocycles. The Morgan fingerprint density at radius 1 is 1.08 bits per heavy atom. The summed E-state index contributed by atoms with van der Waals surface area (Å²) in [5.41, 5.74) is -3.52. The zero-order valence-corrected chi connectivity index (χ0v) is 19.9. The van der Waals surface area contributed by atoms with Gasteiger partial charge in [0.25, 0.3) is 17.5 Å². The number of halogens is 3. The first-order chi connectivity index (χ1) is 18.2. The summed E-state index contributed by atoms with van der Waals surface area (Å²) in [6.45, 7) is -0.324. The van der Waals surface area contributed by atoms with Gasteiger partial charge < -0.3 is 15.5 Å². The number of hydrogen-bond acceptors (Lipinski definition) is 4. The van der Waals surface area contributed by atoms with Crippen molar-refractivity contribution in [3.05, 3.63) is 95.6 Å². The smallest absolute Gasteiger partial charge is 0.272 e. The number of carbonyl (C=O) groups excluding carboxylic acids is 3. The van der Waals surface area contributed by atoms with Gasteiger partial charge in [-0.3, -0.25) is 14.4 Å². The van der Waals surface area contributed by atoms with Crippen molar-refractivity contribution in [3.8, 4) is 6.07 Å². The van der Waals surface area contributed by atoms with Crippen LogP contribution in [-0.4, -0.2) is 40.9 Å². The maximum Gasteiger partial charge on any atom is 0.272 e. The maximum atomic E-state index is 16.8. The molecule has 1 unspecified atom stereocenters. The molecule has 7 nitrogen and oxygen atoms in total. The van der Waals surface area contributed by atoms with E-state index in [9.17, 15) is 28.4 Å². The molecule has 2 heterocycles. The molecule has 3 aromatic carbocycles. The van der Waals surface area contributed by atoms with Crippen LogP contribution >= 0.6 is 0 Å². The number of anilines is 2. The van der Waals surface area contributed by atoms with Crippen molar-refractivity contribution in [2.45, 2.75) is 30.0 Å². The number of hydrogen-bond donors (Lipinski definition) is 2. The summed E-state index contributed by atoms with van der Waals surface area (Å²) < 4.78 is 44.2. The highest BCUT2D eigenvalue weighted by Gasteiger charge is 2.60. The number of nitriles is 1. The third kappa shape index (κ3) is 4.16. The molecule has 192 valence electrons. The van der Waals surface area contributed by atoms with E-state index in [-0.39, 0.29) is 18.7 Å². The predicted octanol–water partition coefficient (Wildman–Crippen LogP) is 3.87. The zero-order valence-electron chi connectivity index (χ0n) is 19.9. The van der Waals surface area contributed by atoms with Gasteiger partial charge in [-0.05, 0) is 29.3 Å². The highest BCUT2D eigenvalue weighted by atomic mass is 19.1. The molecule has 0 radical (unpaired) electrons. The van der Waals surface area contributed by atoms with Crippen molar-refractivity contribution in [1.82, 2.24) is 4.90 Å². The molecule has 3 amide bonds. The Morgan fingerprint density at radius 3 is 2.42 bits per heavy atom. The number of likely N-dealkylation sites (tertiary alicyclic amines) is 1. The van der Waals surface area contributed by atoms with Gasteiger partial charge in [0, 0.05) is 36.8 Å². The summed E-state index contributed by atoms with van der Waals surface area (Å²) in [5.74, 6) is -5.21. The number of para-hydroxylation sites is 1. The van der Waals surface area contributed by atoms with Crippen LogP contribution in [0.4, 0.5) is 24.5 Å². The minimum atomic E-state index is -3.26. The Balaban J connectivity index is 1.52. The molecule has 3 atom stereocenters. The van der Waals surface area contributed by atoms with Crippen molar-refractivity contribution in [3.63, 3.8) is 0 Å². The lowest BCUT2D eigenvalue weighted by atomic mass is 9.80. The quantitative estimate of drug-likeness (QED) is 0.501. The van der Waals surface area contributed by atoms with Gasteiger partial charge in [0.2, 0.25) is 5.91 Å². The third-order valence-corrected chi connectivity index (χ3v) is 7.00. The minimum Gasteiger partial charge on any atom is -0.325 e. The Hall–Kier alpha value is -4.65. The number of alkyl halides is 1. The van der Waals surface area contributed by atoms with Gasteiger partial charge >= 0.3 is 0 Å². The van der Waals surface area contributed by atoms with E-state index in [2.05, 4.69) is 10.6 Å². The fraction of sp³-hybridized carbons (Fsp3) is 0.214. The monoisotopic (exact) mass is 518 g/mol. The van der Waals surface area contributed by atoms with Crippen molar-refractivity contribution >= 4 is 29.1 Å². The van der Waals surface area contributed by atoms with Gasteiger partial charge in [-0.15, -0.1) is 0 Å². The van der Waals surface area contributed by atoms with Crippen LogP contribution in [0.2, 0.25) is 0 Å². The topological polar surface area (TPSA) is 102 Å². The van der Waals surface area contributed by atoms with E-state index in [0.717, 1.165) is 17.0 Å². The van der Waals surface area contributed by atoms with Crippen LogP contribution < -0.4 is 10.6 Å². The Bertz CT molecular complexity index is 1470. The molecule has 3 aromatic rings. The Labute approximate surface area is 215 Å². The molecule has 2 aliphatic rings. The fourth-order valence-electron chi connectivity index (χ4n) is 5.18. The standard InChI is InChI=1S/C28H21F3N4O3/c29-18-10-19(30)12-20(11-18)33-25(37)28(31,13-17-6-2-1-3-7-17)26(38)35-16-27(14-21(35)15-32)22-8-4-5-9-23(22)34-24(27)36/h1-12,21H,13-14,16H2,(H,33,37)(H,34,36)/t21-,27-,28?/m0/s1. The first-order valence-electron chi connectivity index (χ1n) is 11.8. The maximum absolute atomic E-state index is 16.8. The van der Waals surface area contributed by atoms with E-state index < -0.39 is 52.9 Å². The van der Waals surface area contributed by atoms with E-state index in [0.29, 0.717) is 22.9 Å². The highest BCUT2D eigenvalue weighted by Crippen LogP contribution is 2.47. The second-order valence-corrected chi connectivity index (χ2v) is 9.44. The zero-order chi connectivity index (χ0) is 27.1. The molecule has 38 heavy (non-hydrogen) atoms. The first kappa shape index (κ1) is 25.0. The highest BCUT2D eigenvalue weighted by molar-refractivity contribution is 6.15. The number of benzene rings is 3. The summed E-state index contributed by atoms with van der Waals surface area (Å²) in [4.78, 5) is 41.1. The fourth-order valence-corrected chi connectivity index (χ4v) is 5.18. The lowest BCUT2D eigenvalue weighted by Gasteiger charge is -2.30. The number of fused-ring (bicyclic) bond motifs is 2. The summed E-state index contributed by atoms with van der Waals surface area (Å²) in [6.07, 6.45) is -0.795. The summed E-state index contributed by atoms with van der Waals surface area (Å²) in [7, 11) is 0. The Kier molecular flexibility index (Phi) is 6.15. The van der Waals surface area contributed by atoms with Crippen molar-refractivity contribution in [1.29, 1.82) is 5.26 Å². The van der Waals surface area contributed by atoms with Crippen LogP contribution in [0.25, 0.3) is 0 Å². The van der Waals surface area contributed by atoms with Crippen LogP contribution in [0.1, 0.15) is 17.5 Å². The van der Waals surface area contributed by atoms with Crippen LogP contribution in [0.3, 0.4) is 0 Å².